The Morgan fingerprint density at radius 2 is 1.69 bits per heavy atom. The Hall–Kier alpha value is -0.613. The van der Waals surface area contributed by atoms with Crippen LogP contribution in [0.2, 0.25) is 18.1 Å². The Balaban J connectivity index is 5.30. The van der Waals surface area contributed by atoms with E-state index in [0.29, 0.717) is 18.3 Å². The van der Waals surface area contributed by atoms with E-state index in [1.54, 1.807) is 0 Å². The second-order valence-corrected chi connectivity index (χ2v) is 15.5. The van der Waals surface area contributed by atoms with Crippen molar-refractivity contribution in [2.75, 3.05) is 7.11 Å². The third kappa shape index (κ3) is 10.8. The van der Waals surface area contributed by atoms with Crippen LogP contribution in [0.4, 0.5) is 0 Å². The highest BCUT2D eigenvalue weighted by atomic mass is 28.4. The lowest BCUT2D eigenvalue weighted by atomic mass is 9.89. The van der Waals surface area contributed by atoms with E-state index in [1.807, 2.05) is 0 Å². The summed E-state index contributed by atoms with van der Waals surface area (Å²) in [6, 6.07) is 0. The Kier molecular flexibility index (Phi) is 12.7. The van der Waals surface area contributed by atoms with Crippen molar-refractivity contribution in [3.63, 3.8) is 0 Å². The molecule has 0 unspecified atom stereocenters. The molecule has 0 fully saturated rings. The van der Waals surface area contributed by atoms with Crippen molar-refractivity contribution in [1.82, 2.24) is 0 Å². The highest BCUT2D eigenvalue weighted by Gasteiger charge is 2.40. The lowest BCUT2D eigenvalue weighted by Gasteiger charge is -2.41. The zero-order valence-corrected chi connectivity index (χ0v) is 22.4. The number of rotatable bonds is 13. The maximum atomic E-state index is 11.4. The molecule has 4 heteroatoms. The van der Waals surface area contributed by atoms with Gasteiger partial charge < -0.3 is 9.16 Å². The van der Waals surface area contributed by atoms with E-state index >= 15 is 0 Å². The molecule has 0 aromatic carbocycles. The number of unbranched alkanes of at least 4 members (excludes halogenated alkanes) is 1. The van der Waals surface area contributed by atoms with Crippen LogP contribution in [0.25, 0.3) is 0 Å². The van der Waals surface area contributed by atoms with Gasteiger partial charge in [-0.05, 0) is 67.6 Å². The standard InChI is InChI=1S/C25H50O3Si/c1-12-19(2)17-20(3)18-22(5)24(28-29(10,11)25(6,7)8)21(4)15-13-14-16-23(26)27-9/h18-21,24H,12-17H2,1-11H3/b22-18+/t19-,20+,21+,24+/m1/s1. The quantitative estimate of drug-likeness (QED) is 0.131. The fraction of sp³-hybridized carbons (Fsp3) is 0.880. The molecule has 0 aliphatic carbocycles. The number of carbonyl (C=O) groups is 1. The van der Waals surface area contributed by atoms with Crippen molar-refractivity contribution < 1.29 is 14.0 Å². The van der Waals surface area contributed by atoms with E-state index in [9.17, 15) is 4.79 Å². The van der Waals surface area contributed by atoms with Gasteiger partial charge in [-0.3, -0.25) is 4.79 Å². The van der Waals surface area contributed by atoms with Gasteiger partial charge in [0, 0.05) is 6.42 Å². The average molecular weight is 427 g/mol. The largest absolute Gasteiger partial charge is 0.469 e. The van der Waals surface area contributed by atoms with Gasteiger partial charge >= 0.3 is 5.97 Å². The molecule has 0 radical (unpaired) electrons. The normalized spacial score (nSPS) is 17.6. The number of carbonyl (C=O) groups excluding carboxylic acids is 1. The first-order valence-electron chi connectivity index (χ1n) is 11.7. The first-order valence-corrected chi connectivity index (χ1v) is 14.6. The Morgan fingerprint density at radius 3 is 2.17 bits per heavy atom. The summed E-state index contributed by atoms with van der Waals surface area (Å²) in [6.45, 7) is 23.1. The maximum Gasteiger partial charge on any atom is 0.305 e. The number of esters is 1. The summed E-state index contributed by atoms with van der Waals surface area (Å²) in [5.74, 6) is 1.65. The first-order chi connectivity index (χ1) is 13.2. The van der Waals surface area contributed by atoms with Crippen molar-refractivity contribution in [2.24, 2.45) is 17.8 Å². The van der Waals surface area contributed by atoms with Gasteiger partial charge in [0.15, 0.2) is 8.32 Å². The molecule has 3 nitrogen and oxygen atoms in total. The van der Waals surface area contributed by atoms with Crippen molar-refractivity contribution >= 4 is 14.3 Å². The summed E-state index contributed by atoms with van der Waals surface area (Å²) in [5.41, 5.74) is 1.38. The third-order valence-corrected chi connectivity index (χ3v) is 11.2. The maximum absolute atomic E-state index is 11.4. The summed E-state index contributed by atoms with van der Waals surface area (Å²) in [6.07, 6.45) is 8.58. The van der Waals surface area contributed by atoms with Crippen LogP contribution in [-0.4, -0.2) is 27.5 Å². The molecule has 0 N–H and O–H groups in total. The molecule has 0 aliphatic heterocycles. The summed E-state index contributed by atoms with van der Waals surface area (Å²) in [7, 11) is -0.409. The minimum absolute atomic E-state index is 0.110. The lowest BCUT2D eigenvalue weighted by molar-refractivity contribution is -0.140. The minimum Gasteiger partial charge on any atom is -0.469 e. The lowest BCUT2D eigenvalue weighted by Crippen LogP contribution is -2.46. The first kappa shape index (κ1) is 28.4. The Bertz CT molecular complexity index is 505. The van der Waals surface area contributed by atoms with Gasteiger partial charge in [0.25, 0.3) is 0 Å². The zero-order valence-electron chi connectivity index (χ0n) is 21.4. The molecule has 172 valence electrons. The van der Waals surface area contributed by atoms with E-state index in [0.717, 1.165) is 25.2 Å². The summed E-state index contributed by atoms with van der Waals surface area (Å²) in [5, 5.41) is 0.193. The Labute approximate surface area is 183 Å². The second kappa shape index (κ2) is 12.9. The smallest absolute Gasteiger partial charge is 0.305 e. The zero-order chi connectivity index (χ0) is 22.8. The number of hydrogen-bond acceptors (Lipinski definition) is 3. The third-order valence-electron chi connectivity index (χ3n) is 6.73. The fourth-order valence-corrected chi connectivity index (χ4v) is 4.96. The topological polar surface area (TPSA) is 35.5 Å². The van der Waals surface area contributed by atoms with E-state index < -0.39 is 8.32 Å². The molecular weight excluding hydrogens is 376 g/mol. The molecule has 0 bridgehead atoms. The van der Waals surface area contributed by atoms with Gasteiger partial charge in [-0.25, -0.2) is 0 Å². The van der Waals surface area contributed by atoms with Crippen molar-refractivity contribution in [1.29, 1.82) is 0 Å². The summed E-state index contributed by atoms with van der Waals surface area (Å²) < 4.78 is 11.7. The van der Waals surface area contributed by atoms with Gasteiger partial charge in [0.1, 0.15) is 0 Å². The number of allylic oxidation sites excluding steroid dienone is 1. The van der Waals surface area contributed by atoms with Crippen molar-refractivity contribution in [3.05, 3.63) is 11.6 Å². The van der Waals surface area contributed by atoms with Crippen LogP contribution in [0.5, 0.6) is 0 Å². The molecule has 29 heavy (non-hydrogen) atoms. The van der Waals surface area contributed by atoms with Crippen LogP contribution >= 0.6 is 0 Å². The van der Waals surface area contributed by atoms with Crippen LogP contribution in [0, 0.1) is 17.8 Å². The molecule has 0 amide bonds. The van der Waals surface area contributed by atoms with Crippen LogP contribution in [0.15, 0.2) is 11.6 Å². The SMILES string of the molecule is CC[C@@H](C)C[C@H](C)/C=C(\C)[C@@H](O[Si](C)(C)C(C)(C)C)[C@@H](C)CCCCC(=O)OC. The van der Waals surface area contributed by atoms with Gasteiger partial charge in [-0.2, -0.15) is 0 Å². The fourth-order valence-electron chi connectivity index (χ4n) is 3.55. The van der Waals surface area contributed by atoms with Gasteiger partial charge in [0.05, 0.1) is 13.2 Å². The highest BCUT2D eigenvalue weighted by Crippen LogP contribution is 2.39. The molecule has 0 aromatic heterocycles. The predicted molar refractivity (Wildman–Crippen MR) is 129 cm³/mol. The van der Waals surface area contributed by atoms with Gasteiger partial charge in [-0.15, -0.1) is 0 Å². The highest BCUT2D eigenvalue weighted by molar-refractivity contribution is 6.74. The van der Waals surface area contributed by atoms with E-state index in [1.165, 1.54) is 25.5 Å². The van der Waals surface area contributed by atoms with Crippen molar-refractivity contribution in [3.8, 4) is 0 Å². The van der Waals surface area contributed by atoms with E-state index in [4.69, 9.17) is 9.16 Å². The molecule has 0 heterocycles. The van der Waals surface area contributed by atoms with Crippen LogP contribution in [0.1, 0.15) is 93.9 Å². The molecule has 0 spiro atoms. The van der Waals surface area contributed by atoms with E-state index in [-0.39, 0.29) is 17.1 Å². The number of ether oxygens (including phenoxy) is 1. The summed E-state index contributed by atoms with van der Waals surface area (Å²) in [4.78, 5) is 11.4. The monoisotopic (exact) mass is 426 g/mol. The molecule has 0 aliphatic rings. The Morgan fingerprint density at radius 1 is 1.10 bits per heavy atom. The molecule has 0 saturated heterocycles. The minimum atomic E-state index is -1.87. The molecule has 0 saturated carbocycles. The van der Waals surface area contributed by atoms with Gasteiger partial charge in [0.2, 0.25) is 0 Å². The van der Waals surface area contributed by atoms with Crippen molar-refractivity contribution in [2.45, 2.75) is 118 Å². The molecule has 0 aromatic rings. The van der Waals surface area contributed by atoms with Gasteiger partial charge in [-0.1, -0.05) is 67.4 Å². The average Bonchev–Trinajstić information content (AvgIpc) is 2.61. The number of hydrogen-bond donors (Lipinski definition) is 0. The van der Waals surface area contributed by atoms with E-state index in [2.05, 4.69) is 74.6 Å². The molecular formula is C25H50O3Si. The summed E-state index contributed by atoms with van der Waals surface area (Å²) >= 11 is 0. The molecule has 4 atom stereocenters. The van der Waals surface area contributed by atoms with Crippen LogP contribution in [0.3, 0.4) is 0 Å². The molecule has 0 rings (SSSR count). The van der Waals surface area contributed by atoms with Crippen LogP contribution < -0.4 is 0 Å². The predicted octanol–water partition coefficient (Wildman–Crippen LogP) is 7.76. The van der Waals surface area contributed by atoms with Crippen LogP contribution in [-0.2, 0) is 14.0 Å². The second-order valence-electron chi connectivity index (χ2n) is 10.7. The number of methoxy groups -OCH3 is 1.